The summed E-state index contributed by atoms with van der Waals surface area (Å²) in [4.78, 5) is 21.2. The van der Waals surface area contributed by atoms with E-state index in [4.69, 9.17) is 0 Å². The largest absolute Gasteiger partial charge is 0.347 e. The maximum atomic E-state index is 14.1. The third-order valence-electron chi connectivity index (χ3n) is 5.16. The molecule has 1 amide bonds. The molecule has 1 aliphatic rings. The zero-order valence-corrected chi connectivity index (χ0v) is 17.2. The van der Waals surface area contributed by atoms with Crippen LogP contribution in [0.25, 0.3) is 22.0 Å². The number of fused-ring (bicyclic) bond motifs is 1. The van der Waals surface area contributed by atoms with Crippen LogP contribution in [0.15, 0.2) is 35.8 Å². The first kappa shape index (κ1) is 20.4. The molecular formula is C20H16F3N7OS. The lowest BCUT2D eigenvalue weighted by Crippen LogP contribution is -2.40. The summed E-state index contributed by atoms with van der Waals surface area (Å²) in [6.07, 6.45) is -0.266. The molecular weight excluding hydrogens is 443 g/mol. The van der Waals surface area contributed by atoms with Gasteiger partial charge >= 0.3 is 0 Å². The fourth-order valence-electron chi connectivity index (χ4n) is 3.57. The highest BCUT2D eigenvalue weighted by Gasteiger charge is 2.27. The first-order valence-corrected chi connectivity index (χ1v) is 10.6. The molecule has 0 saturated heterocycles. The molecule has 0 spiro atoms. The number of alkyl halides is 2. The maximum Gasteiger partial charge on any atom is 0.281 e. The number of hydrogen-bond donors (Lipinski definition) is 2. The van der Waals surface area contributed by atoms with Crippen molar-refractivity contribution in [2.24, 2.45) is 0 Å². The van der Waals surface area contributed by atoms with Gasteiger partial charge in [0.2, 0.25) is 0 Å². The molecule has 1 unspecified atom stereocenters. The second-order valence-electron chi connectivity index (χ2n) is 7.25. The molecule has 4 heterocycles. The minimum Gasteiger partial charge on any atom is -0.347 e. The molecule has 3 aromatic heterocycles. The molecule has 0 saturated carbocycles. The molecule has 12 heteroatoms. The van der Waals surface area contributed by atoms with E-state index in [1.54, 1.807) is 22.9 Å². The normalized spacial score (nSPS) is 15.7. The van der Waals surface area contributed by atoms with Crippen LogP contribution >= 0.6 is 11.3 Å². The molecule has 1 aromatic carbocycles. The van der Waals surface area contributed by atoms with Gasteiger partial charge in [0.1, 0.15) is 28.0 Å². The van der Waals surface area contributed by atoms with Crippen molar-refractivity contribution in [1.82, 2.24) is 35.3 Å². The van der Waals surface area contributed by atoms with E-state index in [9.17, 15) is 18.0 Å². The fourth-order valence-corrected chi connectivity index (χ4v) is 4.40. The van der Waals surface area contributed by atoms with Gasteiger partial charge in [0.05, 0.1) is 17.3 Å². The van der Waals surface area contributed by atoms with Crippen molar-refractivity contribution in [3.05, 3.63) is 58.9 Å². The monoisotopic (exact) mass is 459 g/mol. The Kier molecular flexibility index (Phi) is 5.21. The van der Waals surface area contributed by atoms with Gasteiger partial charge in [-0.05, 0) is 18.6 Å². The summed E-state index contributed by atoms with van der Waals surface area (Å²) in [6.45, 7) is 0.516. The number of nitrogens with zero attached hydrogens (tertiary/aromatic N) is 5. The maximum absolute atomic E-state index is 14.1. The minimum absolute atomic E-state index is 0.152. The first-order valence-electron chi connectivity index (χ1n) is 9.76. The Labute approximate surface area is 183 Å². The van der Waals surface area contributed by atoms with Crippen molar-refractivity contribution in [3.63, 3.8) is 0 Å². The number of carbonyl (C=O) groups is 1. The number of nitrogens with one attached hydrogen (secondary N) is 2. The Morgan fingerprint density at radius 3 is 2.88 bits per heavy atom. The third kappa shape index (κ3) is 3.77. The predicted octanol–water partition coefficient (Wildman–Crippen LogP) is 3.61. The lowest BCUT2D eigenvalue weighted by molar-refractivity contribution is 0.0925. The summed E-state index contributed by atoms with van der Waals surface area (Å²) in [6, 6.07) is 6.07. The molecule has 1 aliphatic heterocycles. The number of benzene rings is 1. The highest BCUT2D eigenvalue weighted by Crippen LogP contribution is 2.30. The standard InChI is InChI=1S/C20H16F3N7OS/c21-13-4-2-1-3-11(13)18-27-15-7-10(5-6-30(15)29-18)25-19(31)16-12(8-24-28-16)20-26-14(9-32-20)17(22)23/h1-4,8-10,17H,5-7H2,(H,24,28)(H,25,31). The van der Waals surface area contributed by atoms with Crippen LogP contribution in [0.1, 0.15) is 34.9 Å². The molecule has 4 aromatic rings. The second kappa shape index (κ2) is 8.19. The lowest BCUT2D eigenvalue weighted by atomic mass is 10.1. The summed E-state index contributed by atoms with van der Waals surface area (Å²) in [7, 11) is 0. The molecule has 164 valence electrons. The second-order valence-corrected chi connectivity index (χ2v) is 8.11. The van der Waals surface area contributed by atoms with Crippen molar-refractivity contribution in [1.29, 1.82) is 0 Å². The van der Waals surface area contributed by atoms with Gasteiger partial charge in [-0.15, -0.1) is 11.3 Å². The average molecular weight is 459 g/mol. The van der Waals surface area contributed by atoms with E-state index in [1.807, 2.05) is 0 Å². The van der Waals surface area contributed by atoms with E-state index in [2.05, 4.69) is 30.6 Å². The van der Waals surface area contributed by atoms with Gasteiger partial charge in [0.25, 0.3) is 12.3 Å². The summed E-state index contributed by atoms with van der Waals surface area (Å²) >= 11 is 1.02. The van der Waals surface area contributed by atoms with Gasteiger partial charge in [-0.2, -0.15) is 10.2 Å². The number of halogens is 3. The summed E-state index contributed by atoms with van der Waals surface area (Å²) in [5, 5.41) is 15.4. The quantitative estimate of drug-likeness (QED) is 0.475. The Morgan fingerprint density at radius 2 is 2.09 bits per heavy atom. The fraction of sp³-hybridized carbons (Fsp3) is 0.250. The Balaban J connectivity index is 1.31. The number of H-pyrrole nitrogens is 1. The average Bonchev–Trinajstić information content (AvgIpc) is 3.51. The van der Waals surface area contributed by atoms with E-state index >= 15 is 0 Å². The molecule has 0 bridgehead atoms. The van der Waals surface area contributed by atoms with Gasteiger partial charge in [0, 0.05) is 24.4 Å². The molecule has 1 atom stereocenters. The number of thiazole rings is 1. The highest BCUT2D eigenvalue weighted by atomic mass is 32.1. The van der Waals surface area contributed by atoms with Crippen molar-refractivity contribution in [2.45, 2.75) is 31.9 Å². The van der Waals surface area contributed by atoms with Gasteiger partial charge in [-0.3, -0.25) is 9.89 Å². The van der Waals surface area contributed by atoms with Crippen molar-refractivity contribution in [3.8, 4) is 22.0 Å². The number of aromatic nitrogens is 6. The van der Waals surface area contributed by atoms with E-state index < -0.39 is 18.1 Å². The van der Waals surface area contributed by atoms with Gasteiger partial charge in [-0.1, -0.05) is 12.1 Å². The van der Waals surface area contributed by atoms with Crippen LogP contribution in [-0.4, -0.2) is 41.9 Å². The Bertz CT molecular complexity index is 1280. The van der Waals surface area contributed by atoms with Crippen molar-refractivity contribution in [2.75, 3.05) is 0 Å². The number of rotatable bonds is 5. The van der Waals surface area contributed by atoms with Crippen LogP contribution in [0.2, 0.25) is 0 Å². The molecule has 32 heavy (non-hydrogen) atoms. The van der Waals surface area contributed by atoms with Gasteiger partial charge in [-0.25, -0.2) is 27.8 Å². The van der Waals surface area contributed by atoms with Crippen molar-refractivity contribution >= 4 is 17.2 Å². The SMILES string of the molecule is O=C(NC1CCn2nc(-c3ccccc3F)nc2C1)c1[nH]ncc1-c1nc(C(F)F)cs1. The van der Waals surface area contributed by atoms with Gasteiger partial charge in [0.15, 0.2) is 5.82 Å². The first-order chi connectivity index (χ1) is 15.5. The Morgan fingerprint density at radius 1 is 1.25 bits per heavy atom. The van der Waals surface area contributed by atoms with Crippen LogP contribution in [0.4, 0.5) is 13.2 Å². The number of aryl methyl sites for hydroxylation is 1. The number of hydrogen-bond acceptors (Lipinski definition) is 6. The minimum atomic E-state index is -2.68. The summed E-state index contributed by atoms with van der Waals surface area (Å²) in [5.41, 5.74) is 0.498. The topological polar surface area (TPSA) is 101 Å². The van der Waals surface area contributed by atoms with Crippen LogP contribution in [0, 0.1) is 5.82 Å². The molecule has 0 fully saturated rings. The molecule has 2 N–H and O–H groups in total. The zero-order chi connectivity index (χ0) is 22.2. The van der Waals surface area contributed by atoms with Crippen LogP contribution in [0.5, 0.6) is 0 Å². The summed E-state index contributed by atoms with van der Waals surface area (Å²) in [5.74, 6) is 0.133. The van der Waals surface area contributed by atoms with Gasteiger partial charge < -0.3 is 5.32 Å². The molecule has 0 aliphatic carbocycles. The lowest BCUT2D eigenvalue weighted by Gasteiger charge is -2.23. The van der Waals surface area contributed by atoms with Crippen LogP contribution in [0.3, 0.4) is 0 Å². The molecule has 5 rings (SSSR count). The van der Waals surface area contributed by atoms with E-state index in [1.165, 1.54) is 17.6 Å². The highest BCUT2D eigenvalue weighted by molar-refractivity contribution is 7.13. The molecule has 0 radical (unpaired) electrons. The van der Waals surface area contributed by atoms with E-state index in [-0.39, 0.29) is 22.4 Å². The summed E-state index contributed by atoms with van der Waals surface area (Å²) < 4.78 is 41.5. The number of aromatic amines is 1. The third-order valence-corrected chi connectivity index (χ3v) is 6.05. The number of carbonyl (C=O) groups excluding carboxylic acids is 1. The number of amides is 1. The van der Waals surface area contributed by atoms with E-state index in [0.717, 1.165) is 11.3 Å². The van der Waals surface area contributed by atoms with E-state index in [0.29, 0.717) is 42.2 Å². The smallest absolute Gasteiger partial charge is 0.281 e. The Hall–Kier alpha value is -3.54. The van der Waals surface area contributed by atoms with Crippen molar-refractivity contribution < 1.29 is 18.0 Å². The van der Waals surface area contributed by atoms with Crippen LogP contribution in [-0.2, 0) is 13.0 Å². The molecule has 8 nitrogen and oxygen atoms in total. The van der Waals surface area contributed by atoms with Crippen LogP contribution < -0.4 is 5.32 Å². The predicted molar refractivity (Wildman–Crippen MR) is 110 cm³/mol. The zero-order valence-electron chi connectivity index (χ0n) is 16.4.